The summed E-state index contributed by atoms with van der Waals surface area (Å²) < 4.78 is 39.8. The summed E-state index contributed by atoms with van der Waals surface area (Å²) in [5.41, 5.74) is 4.06. The van der Waals surface area contributed by atoms with E-state index in [-0.39, 0.29) is 18.0 Å². The molecule has 1 aromatic rings. The Balaban J connectivity index is 0.00000256. The summed E-state index contributed by atoms with van der Waals surface area (Å²) in [7, 11) is 0. The minimum absolute atomic E-state index is 0. The third-order valence-corrected chi connectivity index (χ3v) is 2.13. The van der Waals surface area contributed by atoms with Gasteiger partial charge in [-0.1, -0.05) is 12.1 Å². The van der Waals surface area contributed by atoms with Gasteiger partial charge in [-0.25, -0.2) is 9.18 Å². The Hall–Kier alpha value is -1.27. The molecule has 0 amide bonds. The van der Waals surface area contributed by atoms with Crippen LogP contribution in [0.15, 0.2) is 18.2 Å². The first kappa shape index (κ1) is 15.7. The first-order chi connectivity index (χ1) is 7.28. The molecule has 0 spiro atoms. The zero-order valence-electron chi connectivity index (χ0n) is 8.78. The summed E-state index contributed by atoms with van der Waals surface area (Å²) >= 11 is 0. The summed E-state index contributed by atoms with van der Waals surface area (Å²) in [6.45, 7) is 1.42. The van der Waals surface area contributed by atoms with Gasteiger partial charge in [0, 0.05) is 11.6 Å². The Labute approximate surface area is 102 Å². The summed E-state index contributed by atoms with van der Waals surface area (Å²) in [4.78, 5) is 10.3. The maximum absolute atomic E-state index is 13.6. The predicted molar refractivity (Wildman–Crippen MR) is 57.8 cm³/mol. The maximum atomic E-state index is 13.6. The van der Waals surface area contributed by atoms with Crippen LogP contribution in [0.25, 0.3) is 0 Å². The van der Waals surface area contributed by atoms with Crippen molar-refractivity contribution >= 4 is 18.4 Å². The van der Waals surface area contributed by atoms with Crippen molar-refractivity contribution in [3.8, 4) is 0 Å². The highest BCUT2D eigenvalue weighted by Crippen LogP contribution is 2.32. The largest absolute Gasteiger partial charge is 0.477 e. The number of halogens is 4. The van der Waals surface area contributed by atoms with E-state index in [0.717, 1.165) is 12.1 Å². The van der Waals surface area contributed by atoms with E-state index < -0.39 is 29.3 Å². The zero-order chi connectivity index (χ0) is 12.5. The molecule has 0 aliphatic carbocycles. The van der Waals surface area contributed by atoms with Gasteiger partial charge in [-0.15, -0.1) is 12.4 Å². The van der Waals surface area contributed by atoms with Crippen molar-refractivity contribution < 1.29 is 23.1 Å². The number of hydrogen-bond acceptors (Lipinski definition) is 2. The van der Waals surface area contributed by atoms with Gasteiger partial charge in [-0.05, 0) is 13.0 Å². The molecule has 0 aliphatic rings. The van der Waals surface area contributed by atoms with Crippen molar-refractivity contribution in [2.75, 3.05) is 0 Å². The standard InChI is InChI=1S/C10H10F3NO2.ClH/c1-5(14)6-3-2-4-7(8(6)11)10(12,13)9(15)16;/h2-5H,14H2,1H3,(H,15,16);1H. The summed E-state index contributed by atoms with van der Waals surface area (Å²) in [6, 6.07) is 2.33. The zero-order valence-corrected chi connectivity index (χ0v) is 9.60. The average molecular weight is 270 g/mol. The van der Waals surface area contributed by atoms with Gasteiger partial charge >= 0.3 is 11.9 Å². The number of rotatable bonds is 3. The van der Waals surface area contributed by atoms with Gasteiger partial charge in [-0.3, -0.25) is 0 Å². The van der Waals surface area contributed by atoms with Crippen LogP contribution in [-0.2, 0) is 10.7 Å². The minimum atomic E-state index is -4.25. The van der Waals surface area contributed by atoms with Gasteiger partial charge in [-0.2, -0.15) is 8.78 Å². The van der Waals surface area contributed by atoms with Crippen LogP contribution in [0, 0.1) is 5.82 Å². The highest BCUT2D eigenvalue weighted by atomic mass is 35.5. The lowest BCUT2D eigenvalue weighted by Gasteiger charge is -2.15. The van der Waals surface area contributed by atoms with E-state index in [9.17, 15) is 18.0 Å². The third kappa shape index (κ3) is 2.89. The predicted octanol–water partition coefficient (Wildman–Crippen LogP) is 2.44. The maximum Gasteiger partial charge on any atom is 0.379 e. The molecule has 0 bridgehead atoms. The van der Waals surface area contributed by atoms with Gasteiger partial charge in [0.2, 0.25) is 0 Å². The monoisotopic (exact) mass is 269 g/mol. The van der Waals surface area contributed by atoms with Crippen molar-refractivity contribution in [3.63, 3.8) is 0 Å². The van der Waals surface area contributed by atoms with Crippen LogP contribution < -0.4 is 5.73 Å². The van der Waals surface area contributed by atoms with Gasteiger partial charge in [0.1, 0.15) is 5.82 Å². The van der Waals surface area contributed by atoms with Crippen molar-refractivity contribution in [2.24, 2.45) is 5.73 Å². The molecule has 0 radical (unpaired) electrons. The van der Waals surface area contributed by atoms with E-state index >= 15 is 0 Å². The first-order valence-corrected chi connectivity index (χ1v) is 4.44. The van der Waals surface area contributed by atoms with Gasteiger partial charge in [0.15, 0.2) is 0 Å². The Bertz CT molecular complexity index is 424. The molecule has 3 N–H and O–H groups in total. The first-order valence-electron chi connectivity index (χ1n) is 4.44. The smallest absolute Gasteiger partial charge is 0.379 e. The number of aliphatic carboxylic acids is 1. The van der Waals surface area contributed by atoms with Crippen LogP contribution in [-0.4, -0.2) is 11.1 Å². The molecule has 1 rings (SSSR count). The molecule has 1 atom stereocenters. The molecule has 0 fully saturated rings. The summed E-state index contributed by atoms with van der Waals surface area (Å²) in [6.07, 6.45) is 0. The lowest BCUT2D eigenvalue weighted by molar-refractivity contribution is -0.166. The third-order valence-electron chi connectivity index (χ3n) is 2.13. The second kappa shape index (κ2) is 5.37. The highest BCUT2D eigenvalue weighted by molar-refractivity contribution is 5.85. The van der Waals surface area contributed by atoms with Gasteiger partial charge < -0.3 is 10.8 Å². The van der Waals surface area contributed by atoms with Crippen molar-refractivity contribution in [1.82, 2.24) is 0 Å². The molecule has 3 nitrogen and oxygen atoms in total. The number of nitrogens with two attached hydrogens (primary N) is 1. The lowest BCUT2D eigenvalue weighted by atomic mass is 10.0. The van der Waals surface area contributed by atoms with E-state index in [0.29, 0.717) is 0 Å². The summed E-state index contributed by atoms with van der Waals surface area (Å²) in [5, 5.41) is 8.30. The fraction of sp³-hybridized carbons (Fsp3) is 0.300. The van der Waals surface area contributed by atoms with Crippen LogP contribution in [0.2, 0.25) is 0 Å². The van der Waals surface area contributed by atoms with Crippen molar-refractivity contribution in [2.45, 2.75) is 18.9 Å². The number of alkyl halides is 2. The fourth-order valence-electron chi connectivity index (χ4n) is 1.26. The summed E-state index contributed by atoms with van der Waals surface area (Å²) in [5.74, 6) is -7.92. The van der Waals surface area contributed by atoms with Crippen LogP contribution in [0.4, 0.5) is 13.2 Å². The van der Waals surface area contributed by atoms with Crippen molar-refractivity contribution in [1.29, 1.82) is 0 Å². The van der Waals surface area contributed by atoms with Crippen LogP contribution in [0.5, 0.6) is 0 Å². The quantitative estimate of drug-likeness (QED) is 0.886. The number of carbonyl (C=O) groups is 1. The molecule has 17 heavy (non-hydrogen) atoms. The number of benzene rings is 1. The van der Waals surface area contributed by atoms with E-state index in [1.54, 1.807) is 0 Å². The number of carboxylic acid groups (broad SMARTS) is 1. The Kier molecular flexibility index (Phi) is 4.97. The van der Waals surface area contributed by atoms with E-state index in [4.69, 9.17) is 10.8 Å². The Morgan fingerprint density at radius 3 is 2.41 bits per heavy atom. The molecule has 0 saturated heterocycles. The lowest BCUT2D eigenvalue weighted by Crippen LogP contribution is -2.27. The van der Waals surface area contributed by atoms with E-state index in [1.807, 2.05) is 0 Å². The molecule has 0 aromatic heterocycles. The molecular formula is C10H11ClF3NO2. The molecule has 0 saturated carbocycles. The molecule has 7 heteroatoms. The molecule has 0 heterocycles. The fourth-order valence-corrected chi connectivity index (χ4v) is 1.26. The molecule has 1 aromatic carbocycles. The van der Waals surface area contributed by atoms with Crippen molar-refractivity contribution in [3.05, 3.63) is 35.1 Å². The average Bonchev–Trinajstić information content (AvgIpc) is 2.16. The molecule has 0 aliphatic heterocycles. The highest BCUT2D eigenvalue weighted by Gasteiger charge is 2.43. The molecular weight excluding hydrogens is 259 g/mol. The Morgan fingerprint density at radius 1 is 1.47 bits per heavy atom. The topological polar surface area (TPSA) is 63.3 Å². The molecule has 1 unspecified atom stereocenters. The van der Waals surface area contributed by atoms with Crippen LogP contribution in [0.3, 0.4) is 0 Å². The number of hydrogen-bond donors (Lipinski definition) is 2. The normalized spacial score (nSPS) is 12.8. The Morgan fingerprint density at radius 2 is 2.00 bits per heavy atom. The molecule has 96 valence electrons. The van der Waals surface area contributed by atoms with E-state index in [2.05, 4.69) is 0 Å². The van der Waals surface area contributed by atoms with Crippen LogP contribution >= 0.6 is 12.4 Å². The van der Waals surface area contributed by atoms with Gasteiger partial charge in [0.25, 0.3) is 0 Å². The second-order valence-corrected chi connectivity index (χ2v) is 3.38. The number of carboxylic acids is 1. The van der Waals surface area contributed by atoms with Crippen LogP contribution in [0.1, 0.15) is 24.1 Å². The van der Waals surface area contributed by atoms with Gasteiger partial charge in [0.05, 0.1) is 5.56 Å². The van der Waals surface area contributed by atoms with E-state index in [1.165, 1.54) is 13.0 Å². The second-order valence-electron chi connectivity index (χ2n) is 3.38. The SMILES string of the molecule is CC(N)c1cccc(C(F)(F)C(=O)O)c1F.Cl. The minimum Gasteiger partial charge on any atom is -0.477 e.